The van der Waals surface area contributed by atoms with Gasteiger partial charge in [-0.3, -0.25) is 0 Å². The summed E-state index contributed by atoms with van der Waals surface area (Å²) in [6.07, 6.45) is 1.58. The van der Waals surface area contributed by atoms with Gasteiger partial charge in [-0.2, -0.15) is 0 Å². The van der Waals surface area contributed by atoms with Crippen molar-refractivity contribution in [1.29, 1.82) is 0 Å². The number of ether oxygens (including phenoxy) is 2. The normalized spacial score (nSPS) is 10.8. The Hall–Kier alpha value is -3.16. The van der Waals surface area contributed by atoms with Gasteiger partial charge >= 0.3 is 0 Å². The summed E-state index contributed by atoms with van der Waals surface area (Å²) in [7, 11) is 3.37. The Morgan fingerprint density at radius 3 is 1.61 bits per heavy atom. The Labute approximate surface area is 184 Å². The van der Waals surface area contributed by atoms with E-state index in [2.05, 4.69) is 44.0 Å². The van der Waals surface area contributed by atoms with E-state index in [0.717, 1.165) is 5.82 Å². The molecule has 2 N–H and O–H groups in total. The molecule has 164 valence electrons. The van der Waals surface area contributed by atoms with Crippen molar-refractivity contribution in [3.05, 3.63) is 78.1 Å². The van der Waals surface area contributed by atoms with Crippen molar-refractivity contribution < 1.29 is 9.47 Å². The fraction of sp³-hybridized carbons (Fsp3) is 0.333. The number of benzene rings is 2. The highest BCUT2D eigenvalue weighted by Gasteiger charge is 2.20. The van der Waals surface area contributed by atoms with Crippen LogP contribution in [0, 0.1) is 0 Å². The largest absolute Gasteiger partial charge is 0.393 e. The summed E-state index contributed by atoms with van der Waals surface area (Å²) in [5.41, 5.74) is 9.58. The molecule has 2 aromatic carbocycles. The number of nitrogen functional groups attached to an aromatic ring is 1. The summed E-state index contributed by atoms with van der Waals surface area (Å²) in [6, 6.07) is 20.7. The van der Waals surface area contributed by atoms with E-state index in [9.17, 15) is 0 Å². The van der Waals surface area contributed by atoms with Gasteiger partial charge in [-0.15, -0.1) is 0 Å². The fourth-order valence-electron chi connectivity index (χ4n) is 3.42. The quantitative estimate of drug-likeness (QED) is 0.480. The van der Waals surface area contributed by atoms with Gasteiger partial charge in [0, 0.05) is 40.4 Å². The number of hydrogen-bond donors (Lipinski definition) is 1. The lowest BCUT2D eigenvalue weighted by Crippen LogP contribution is -2.33. The van der Waals surface area contributed by atoms with Gasteiger partial charge in [-0.1, -0.05) is 60.7 Å². The minimum Gasteiger partial charge on any atom is -0.393 e. The lowest BCUT2D eigenvalue weighted by atomic mass is 10.1. The number of aromatic nitrogens is 2. The number of nitrogens with zero attached hydrogens (tertiary/aromatic N) is 4. The van der Waals surface area contributed by atoms with Crippen LogP contribution in [-0.2, 0) is 22.6 Å². The van der Waals surface area contributed by atoms with Crippen LogP contribution in [0.1, 0.15) is 11.1 Å². The Balaban J connectivity index is 1.94. The predicted molar refractivity (Wildman–Crippen MR) is 125 cm³/mol. The number of nitrogens with two attached hydrogens (primary N) is 1. The molecule has 1 heterocycles. The van der Waals surface area contributed by atoms with Crippen molar-refractivity contribution in [3.63, 3.8) is 0 Å². The molecule has 7 nitrogen and oxygen atoms in total. The average molecular weight is 422 g/mol. The van der Waals surface area contributed by atoms with Crippen LogP contribution in [0.4, 0.5) is 17.3 Å². The lowest BCUT2D eigenvalue weighted by Gasteiger charge is -2.29. The zero-order chi connectivity index (χ0) is 21.9. The second-order valence-electron chi connectivity index (χ2n) is 7.23. The molecule has 31 heavy (non-hydrogen) atoms. The van der Waals surface area contributed by atoms with Crippen molar-refractivity contribution in [1.82, 2.24) is 9.97 Å². The molecule has 0 radical (unpaired) electrons. The molecular weight excluding hydrogens is 390 g/mol. The minimum atomic E-state index is 0.557. The topological polar surface area (TPSA) is 76.7 Å². The third kappa shape index (κ3) is 6.41. The molecule has 0 aliphatic rings. The number of rotatable bonds is 12. The van der Waals surface area contributed by atoms with E-state index >= 15 is 0 Å². The molecule has 3 aromatic rings. The average Bonchev–Trinajstić information content (AvgIpc) is 2.81. The van der Waals surface area contributed by atoms with Crippen molar-refractivity contribution in [3.8, 4) is 0 Å². The van der Waals surface area contributed by atoms with E-state index < -0.39 is 0 Å². The second-order valence-corrected chi connectivity index (χ2v) is 7.23. The van der Waals surface area contributed by atoms with Gasteiger partial charge < -0.3 is 25.0 Å². The summed E-state index contributed by atoms with van der Waals surface area (Å²) in [4.78, 5) is 13.3. The first-order valence-electron chi connectivity index (χ1n) is 10.4. The molecule has 0 saturated heterocycles. The summed E-state index contributed by atoms with van der Waals surface area (Å²) < 4.78 is 10.5. The molecule has 0 aliphatic carbocycles. The first-order valence-corrected chi connectivity index (χ1v) is 10.4. The van der Waals surface area contributed by atoms with Crippen molar-refractivity contribution >= 4 is 17.3 Å². The van der Waals surface area contributed by atoms with Crippen LogP contribution in [0.2, 0.25) is 0 Å². The van der Waals surface area contributed by atoms with Crippen LogP contribution < -0.4 is 15.5 Å². The Bertz CT molecular complexity index is 859. The molecule has 0 fully saturated rings. The van der Waals surface area contributed by atoms with Crippen molar-refractivity contribution in [2.24, 2.45) is 0 Å². The van der Waals surface area contributed by atoms with E-state index in [0.29, 0.717) is 50.9 Å². The molecule has 0 aliphatic heterocycles. The third-order valence-electron chi connectivity index (χ3n) is 5.00. The molecule has 0 amide bonds. The molecule has 0 spiro atoms. The van der Waals surface area contributed by atoms with Crippen LogP contribution in [-0.4, -0.2) is 50.5 Å². The van der Waals surface area contributed by atoms with Gasteiger partial charge in [0.25, 0.3) is 0 Å². The smallest absolute Gasteiger partial charge is 0.158 e. The zero-order valence-corrected chi connectivity index (χ0v) is 18.3. The van der Waals surface area contributed by atoms with Gasteiger partial charge in [0.05, 0.1) is 13.2 Å². The minimum absolute atomic E-state index is 0.557. The summed E-state index contributed by atoms with van der Waals surface area (Å²) in [6.45, 7) is 3.84. The van der Waals surface area contributed by atoms with Gasteiger partial charge in [-0.25, -0.2) is 9.97 Å². The maximum Gasteiger partial charge on any atom is 0.158 e. The van der Waals surface area contributed by atoms with Crippen LogP contribution in [0.15, 0.2) is 67.0 Å². The molecule has 0 atom stereocenters. The van der Waals surface area contributed by atoms with Gasteiger partial charge in [0.1, 0.15) is 12.0 Å². The highest BCUT2D eigenvalue weighted by Crippen LogP contribution is 2.31. The summed E-state index contributed by atoms with van der Waals surface area (Å²) >= 11 is 0. The van der Waals surface area contributed by atoms with Crippen LogP contribution in [0.25, 0.3) is 0 Å². The SMILES string of the molecule is COCCN(CCOC)c1ncnc(N(Cc2ccccc2)Cc2ccccc2)c1N. The molecule has 7 heteroatoms. The van der Waals surface area contributed by atoms with Crippen LogP contribution in [0.3, 0.4) is 0 Å². The summed E-state index contributed by atoms with van der Waals surface area (Å²) in [5.74, 6) is 1.42. The van der Waals surface area contributed by atoms with Gasteiger partial charge in [0.15, 0.2) is 11.6 Å². The highest BCUT2D eigenvalue weighted by atomic mass is 16.5. The van der Waals surface area contributed by atoms with E-state index in [1.54, 1.807) is 20.5 Å². The standard InChI is InChI=1S/C24H31N5O2/c1-30-15-13-28(14-16-31-2)23-22(25)24(27-19-26-23)29(17-20-9-5-3-6-10-20)18-21-11-7-4-8-12-21/h3-12,19H,13-18,25H2,1-2H3. The van der Waals surface area contributed by atoms with E-state index in [-0.39, 0.29) is 0 Å². The van der Waals surface area contributed by atoms with Gasteiger partial charge in [-0.05, 0) is 11.1 Å². The molecule has 0 saturated carbocycles. The van der Waals surface area contributed by atoms with Crippen molar-refractivity contribution in [2.75, 3.05) is 56.1 Å². The van der Waals surface area contributed by atoms with E-state index in [1.807, 2.05) is 36.4 Å². The van der Waals surface area contributed by atoms with Gasteiger partial charge in [0.2, 0.25) is 0 Å². The number of anilines is 3. The maximum absolute atomic E-state index is 6.65. The molecule has 1 aromatic heterocycles. The number of hydrogen-bond acceptors (Lipinski definition) is 7. The highest BCUT2D eigenvalue weighted by molar-refractivity contribution is 5.75. The van der Waals surface area contributed by atoms with Crippen LogP contribution >= 0.6 is 0 Å². The monoisotopic (exact) mass is 421 g/mol. The van der Waals surface area contributed by atoms with E-state index in [4.69, 9.17) is 15.2 Å². The number of methoxy groups -OCH3 is 2. The maximum atomic E-state index is 6.65. The lowest BCUT2D eigenvalue weighted by molar-refractivity contribution is 0.190. The zero-order valence-electron chi connectivity index (χ0n) is 18.3. The fourth-order valence-corrected chi connectivity index (χ4v) is 3.42. The molecule has 0 unspecified atom stereocenters. The van der Waals surface area contributed by atoms with E-state index in [1.165, 1.54) is 11.1 Å². The van der Waals surface area contributed by atoms with Crippen molar-refractivity contribution in [2.45, 2.75) is 13.1 Å². The van der Waals surface area contributed by atoms with Crippen LogP contribution in [0.5, 0.6) is 0 Å². The first kappa shape index (κ1) is 22.5. The Morgan fingerprint density at radius 1 is 0.710 bits per heavy atom. The molecule has 0 bridgehead atoms. The third-order valence-corrected chi connectivity index (χ3v) is 5.00. The molecule has 3 rings (SSSR count). The first-order chi connectivity index (χ1) is 15.2. The Morgan fingerprint density at radius 2 is 1.16 bits per heavy atom. The Kier molecular flexibility index (Phi) is 8.63. The second kappa shape index (κ2) is 11.9. The molecular formula is C24H31N5O2. The summed E-state index contributed by atoms with van der Waals surface area (Å²) in [5, 5.41) is 0. The predicted octanol–water partition coefficient (Wildman–Crippen LogP) is 3.36.